The quantitative estimate of drug-likeness (QED) is 0.308. The minimum Gasteiger partial charge on any atom is -0.477 e. The summed E-state index contributed by atoms with van der Waals surface area (Å²) in [6.07, 6.45) is 5.13. The van der Waals surface area contributed by atoms with Crippen LogP contribution in [-0.2, 0) is 4.79 Å². The number of carboxylic acids is 1. The Morgan fingerprint density at radius 1 is 1.11 bits per heavy atom. The molecule has 0 radical (unpaired) electrons. The van der Waals surface area contributed by atoms with Crippen molar-refractivity contribution in [2.24, 2.45) is 11.8 Å². The molecule has 2 heterocycles. The van der Waals surface area contributed by atoms with Crippen LogP contribution in [0.4, 0.5) is 11.5 Å². The van der Waals surface area contributed by atoms with E-state index in [1.165, 1.54) is 10.9 Å². The number of amides is 1. The molecule has 1 fully saturated rings. The first kappa shape index (κ1) is 24.6. The number of hydrogen-bond acceptors (Lipinski definition) is 5. The highest BCUT2D eigenvalue weighted by atomic mass is 16.4. The maximum Gasteiger partial charge on any atom is 0.341 e. The van der Waals surface area contributed by atoms with Gasteiger partial charge in [-0.3, -0.25) is 9.69 Å². The minimum absolute atomic E-state index is 0.00284. The topological polar surface area (TPSA) is 115 Å². The van der Waals surface area contributed by atoms with Crippen LogP contribution in [0.1, 0.15) is 56.8 Å². The van der Waals surface area contributed by atoms with Gasteiger partial charge in [0.15, 0.2) is 5.82 Å². The zero-order valence-corrected chi connectivity index (χ0v) is 21.3. The number of rotatable bonds is 6. The van der Waals surface area contributed by atoms with Gasteiger partial charge in [-0.1, -0.05) is 13.0 Å². The molecule has 2 aromatic heterocycles. The number of furan rings is 1. The van der Waals surface area contributed by atoms with E-state index in [-0.39, 0.29) is 29.2 Å². The van der Waals surface area contributed by atoms with E-state index < -0.39 is 5.97 Å². The zero-order valence-electron chi connectivity index (χ0n) is 21.3. The molecule has 0 spiro atoms. The van der Waals surface area contributed by atoms with Gasteiger partial charge in [0, 0.05) is 34.8 Å². The molecule has 0 atom stereocenters. The minimum atomic E-state index is -1.12. The van der Waals surface area contributed by atoms with Gasteiger partial charge in [-0.25, -0.2) is 9.48 Å². The average molecular weight is 501 g/mol. The number of nitrogens with zero attached hydrogens (tertiary/aromatic N) is 3. The van der Waals surface area contributed by atoms with E-state index in [4.69, 9.17) is 10.2 Å². The lowest BCUT2D eigenvalue weighted by Gasteiger charge is -2.32. The predicted molar refractivity (Wildman–Crippen MR) is 144 cm³/mol. The molecule has 2 aromatic carbocycles. The number of carboxylic acid groups (broad SMARTS) is 1. The molecule has 1 amide bonds. The number of nitrogens with two attached hydrogens (primary N) is 1. The van der Waals surface area contributed by atoms with Gasteiger partial charge in [-0.2, -0.15) is 0 Å². The fourth-order valence-corrected chi connectivity index (χ4v) is 5.14. The normalized spacial score (nSPS) is 17.8. The van der Waals surface area contributed by atoms with Gasteiger partial charge >= 0.3 is 5.97 Å². The Labute approximate surface area is 215 Å². The van der Waals surface area contributed by atoms with Crippen molar-refractivity contribution in [3.63, 3.8) is 0 Å². The molecule has 1 aliphatic rings. The Hall–Kier alpha value is -4.07. The standard InChI is InChI=1S/C29H32N4O4/c1-17(2)33(28(34)20-9-7-18(3)8-10-20)27-23(29(35)36)16-32(31-27)21-13-11-19(12-14-21)26-15-22-24(30)5-4-6-25(22)37-26/h4-6,11-18,20H,7-10,30H2,1-3H3,(H,35,36). The molecule has 1 saturated carbocycles. The molecule has 0 saturated heterocycles. The molecule has 0 aliphatic heterocycles. The smallest absolute Gasteiger partial charge is 0.341 e. The number of anilines is 2. The summed E-state index contributed by atoms with van der Waals surface area (Å²) in [6, 6.07) is 14.7. The van der Waals surface area contributed by atoms with Gasteiger partial charge < -0.3 is 15.3 Å². The maximum atomic E-state index is 13.5. The molecule has 8 heteroatoms. The summed E-state index contributed by atoms with van der Waals surface area (Å²) in [5.74, 6) is 0.212. The number of carbonyl (C=O) groups excluding carboxylic acids is 1. The maximum absolute atomic E-state index is 13.5. The largest absolute Gasteiger partial charge is 0.477 e. The van der Waals surface area contributed by atoms with Crippen LogP contribution in [0.15, 0.2) is 59.1 Å². The lowest BCUT2D eigenvalue weighted by atomic mass is 9.82. The molecule has 0 unspecified atom stereocenters. The van der Waals surface area contributed by atoms with Gasteiger partial charge in [0.2, 0.25) is 5.91 Å². The monoisotopic (exact) mass is 500 g/mol. The molecule has 5 rings (SSSR count). The second-order valence-electron chi connectivity index (χ2n) is 10.3. The highest BCUT2D eigenvalue weighted by Crippen LogP contribution is 2.34. The fraction of sp³-hybridized carbons (Fsp3) is 0.345. The number of nitrogen functional groups attached to an aromatic ring is 1. The Morgan fingerprint density at radius 3 is 2.43 bits per heavy atom. The highest BCUT2D eigenvalue weighted by Gasteiger charge is 2.34. The van der Waals surface area contributed by atoms with Crippen LogP contribution in [0.2, 0.25) is 0 Å². The summed E-state index contributed by atoms with van der Waals surface area (Å²) in [5.41, 5.74) is 8.97. The van der Waals surface area contributed by atoms with E-state index in [1.54, 1.807) is 4.90 Å². The summed E-state index contributed by atoms with van der Waals surface area (Å²) in [7, 11) is 0. The summed E-state index contributed by atoms with van der Waals surface area (Å²) < 4.78 is 7.48. The number of hydrogen-bond donors (Lipinski definition) is 2. The van der Waals surface area contributed by atoms with Crippen molar-refractivity contribution in [3.05, 3.63) is 60.3 Å². The molecule has 192 valence electrons. The zero-order chi connectivity index (χ0) is 26.3. The van der Waals surface area contributed by atoms with Crippen molar-refractivity contribution < 1.29 is 19.1 Å². The van der Waals surface area contributed by atoms with Crippen molar-refractivity contribution in [1.29, 1.82) is 0 Å². The molecule has 8 nitrogen and oxygen atoms in total. The predicted octanol–water partition coefficient (Wildman–Crippen LogP) is 6.13. The lowest BCUT2D eigenvalue weighted by molar-refractivity contribution is -0.124. The first-order valence-electron chi connectivity index (χ1n) is 12.8. The first-order valence-corrected chi connectivity index (χ1v) is 12.8. The summed E-state index contributed by atoms with van der Waals surface area (Å²) in [5, 5.41) is 15.4. The number of carbonyl (C=O) groups is 2. The number of benzene rings is 2. The Morgan fingerprint density at radius 2 is 1.81 bits per heavy atom. The average Bonchev–Trinajstić information content (AvgIpc) is 3.50. The van der Waals surface area contributed by atoms with E-state index in [0.29, 0.717) is 28.6 Å². The third-order valence-corrected chi connectivity index (χ3v) is 7.28. The molecular weight excluding hydrogens is 468 g/mol. The van der Waals surface area contributed by atoms with Crippen molar-refractivity contribution in [2.45, 2.75) is 52.5 Å². The van der Waals surface area contributed by atoms with Gasteiger partial charge in [-0.05, 0) is 87.9 Å². The Kier molecular flexibility index (Phi) is 6.50. The second kappa shape index (κ2) is 9.76. The second-order valence-corrected chi connectivity index (χ2v) is 10.3. The van der Waals surface area contributed by atoms with Crippen molar-refractivity contribution >= 4 is 34.4 Å². The van der Waals surface area contributed by atoms with E-state index >= 15 is 0 Å². The Bertz CT molecular complexity index is 1440. The van der Waals surface area contributed by atoms with Crippen LogP contribution >= 0.6 is 0 Å². The molecule has 1 aliphatic carbocycles. The fourth-order valence-electron chi connectivity index (χ4n) is 5.14. The SMILES string of the molecule is CC1CCC(C(=O)N(c2nn(-c3ccc(-c4cc5c(N)cccc5o4)cc3)cc2C(=O)O)C(C)C)CC1. The van der Waals surface area contributed by atoms with E-state index in [0.717, 1.165) is 36.6 Å². The van der Waals surface area contributed by atoms with Crippen LogP contribution < -0.4 is 10.6 Å². The van der Waals surface area contributed by atoms with Crippen LogP contribution in [0, 0.1) is 11.8 Å². The van der Waals surface area contributed by atoms with Crippen molar-refractivity contribution in [3.8, 4) is 17.0 Å². The van der Waals surface area contributed by atoms with Crippen LogP contribution in [0.5, 0.6) is 0 Å². The molecule has 3 N–H and O–H groups in total. The number of aromatic nitrogens is 2. The molecule has 37 heavy (non-hydrogen) atoms. The van der Waals surface area contributed by atoms with Crippen LogP contribution in [-0.4, -0.2) is 32.8 Å². The number of aromatic carboxylic acids is 1. The van der Waals surface area contributed by atoms with Crippen molar-refractivity contribution in [1.82, 2.24) is 9.78 Å². The van der Waals surface area contributed by atoms with E-state index in [9.17, 15) is 14.7 Å². The third kappa shape index (κ3) is 4.71. The Balaban J connectivity index is 1.46. The third-order valence-electron chi connectivity index (χ3n) is 7.28. The van der Waals surface area contributed by atoms with Crippen molar-refractivity contribution in [2.75, 3.05) is 10.6 Å². The van der Waals surface area contributed by atoms with Crippen LogP contribution in [0.3, 0.4) is 0 Å². The summed E-state index contributed by atoms with van der Waals surface area (Å²) >= 11 is 0. The lowest BCUT2D eigenvalue weighted by Crippen LogP contribution is -2.43. The van der Waals surface area contributed by atoms with Gasteiger partial charge in [0.25, 0.3) is 0 Å². The van der Waals surface area contributed by atoms with Crippen LogP contribution in [0.25, 0.3) is 28.0 Å². The molecule has 0 bridgehead atoms. The highest BCUT2D eigenvalue weighted by molar-refractivity contribution is 6.02. The van der Waals surface area contributed by atoms with Gasteiger partial charge in [0.1, 0.15) is 16.9 Å². The van der Waals surface area contributed by atoms with E-state index in [1.807, 2.05) is 62.4 Å². The molecular formula is C29H32N4O4. The number of fused-ring (bicyclic) bond motifs is 1. The van der Waals surface area contributed by atoms with E-state index in [2.05, 4.69) is 12.0 Å². The van der Waals surface area contributed by atoms with Gasteiger partial charge in [0.05, 0.1) is 5.69 Å². The summed E-state index contributed by atoms with van der Waals surface area (Å²) in [6.45, 7) is 5.99. The summed E-state index contributed by atoms with van der Waals surface area (Å²) in [4.78, 5) is 27.3. The molecule has 4 aromatic rings. The first-order chi connectivity index (χ1) is 17.7. The van der Waals surface area contributed by atoms with Gasteiger partial charge in [-0.15, -0.1) is 5.10 Å².